The van der Waals surface area contributed by atoms with Crippen molar-refractivity contribution in [3.63, 3.8) is 0 Å². The maximum Gasteiger partial charge on any atom is 0.0304 e. The van der Waals surface area contributed by atoms with Crippen LogP contribution in [0.1, 0.15) is 38.2 Å². The van der Waals surface area contributed by atoms with Gasteiger partial charge in [-0.2, -0.15) is 0 Å². The largest absolute Gasteiger partial charge is 0.271 e. The summed E-state index contributed by atoms with van der Waals surface area (Å²) in [6.45, 7) is 2.36. The number of nitrogens with one attached hydrogen (secondary N) is 1. The van der Waals surface area contributed by atoms with E-state index in [1.165, 1.54) is 31.2 Å². The van der Waals surface area contributed by atoms with Crippen LogP contribution in [0, 0.1) is 5.41 Å². The maximum absolute atomic E-state index is 5.76. The van der Waals surface area contributed by atoms with Crippen LogP contribution in [0.5, 0.6) is 0 Å². The zero-order chi connectivity index (χ0) is 12.3. The molecule has 0 bridgehead atoms. The van der Waals surface area contributed by atoms with Crippen LogP contribution in [0.3, 0.4) is 0 Å². The third-order valence-corrected chi connectivity index (χ3v) is 4.61. The molecule has 2 nitrogen and oxygen atoms in total. The van der Waals surface area contributed by atoms with Crippen molar-refractivity contribution in [1.29, 1.82) is 0 Å². The van der Waals surface area contributed by atoms with Gasteiger partial charge in [0.15, 0.2) is 0 Å². The van der Waals surface area contributed by atoms with Gasteiger partial charge in [-0.05, 0) is 42.4 Å². The van der Waals surface area contributed by atoms with Crippen LogP contribution < -0.4 is 11.3 Å². The minimum absolute atomic E-state index is 0.358. The average Bonchev–Trinajstić information content (AvgIpc) is 2.74. The molecule has 0 aromatic heterocycles. The zero-order valence-electron chi connectivity index (χ0n) is 10.4. The second kappa shape index (κ2) is 5.51. The molecule has 3 N–H and O–H groups in total. The first-order valence-corrected chi connectivity index (χ1v) is 7.14. The fraction of sp³-hybridized carbons (Fsp3) is 0.571. The third kappa shape index (κ3) is 3.09. The van der Waals surface area contributed by atoms with Gasteiger partial charge in [-0.3, -0.25) is 11.3 Å². The highest BCUT2D eigenvalue weighted by Crippen LogP contribution is 2.41. The van der Waals surface area contributed by atoms with Gasteiger partial charge < -0.3 is 0 Å². The van der Waals surface area contributed by atoms with Crippen LogP contribution in [-0.4, -0.2) is 6.04 Å². The molecule has 1 unspecified atom stereocenters. The molecular weight excluding hydrogens is 276 g/mol. The quantitative estimate of drug-likeness (QED) is 0.660. The number of hydrogen-bond donors (Lipinski definition) is 2. The van der Waals surface area contributed by atoms with Crippen molar-refractivity contribution in [2.75, 3.05) is 0 Å². The first-order chi connectivity index (χ1) is 8.14. The summed E-state index contributed by atoms with van der Waals surface area (Å²) in [4.78, 5) is 0. The summed E-state index contributed by atoms with van der Waals surface area (Å²) >= 11 is 3.52. The lowest BCUT2D eigenvalue weighted by Crippen LogP contribution is -2.47. The number of halogens is 1. The predicted octanol–water partition coefficient (Wildman–Crippen LogP) is 3.40. The van der Waals surface area contributed by atoms with E-state index in [1.54, 1.807) is 0 Å². The van der Waals surface area contributed by atoms with E-state index in [4.69, 9.17) is 5.84 Å². The van der Waals surface area contributed by atoms with E-state index in [1.807, 2.05) is 0 Å². The molecule has 1 aromatic rings. The summed E-state index contributed by atoms with van der Waals surface area (Å²) in [6, 6.07) is 8.88. The molecule has 17 heavy (non-hydrogen) atoms. The molecule has 3 heteroatoms. The van der Waals surface area contributed by atoms with Crippen LogP contribution in [0.4, 0.5) is 0 Å². The highest BCUT2D eigenvalue weighted by molar-refractivity contribution is 9.10. The Kier molecular flexibility index (Phi) is 4.23. The first-order valence-electron chi connectivity index (χ1n) is 6.35. The number of benzene rings is 1. The van der Waals surface area contributed by atoms with Gasteiger partial charge in [-0.1, -0.05) is 47.8 Å². The molecule has 1 fully saturated rings. The third-order valence-electron chi connectivity index (χ3n) is 4.12. The number of nitrogens with two attached hydrogens (primary N) is 1. The molecule has 2 rings (SSSR count). The second-order valence-corrected chi connectivity index (χ2v) is 6.33. The lowest BCUT2D eigenvalue weighted by Gasteiger charge is -2.33. The molecule has 1 atom stereocenters. The molecule has 0 amide bonds. The molecular formula is C14H21BrN2. The predicted molar refractivity (Wildman–Crippen MR) is 75.5 cm³/mol. The topological polar surface area (TPSA) is 38.0 Å². The highest BCUT2D eigenvalue weighted by Gasteiger charge is 2.36. The minimum Gasteiger partial charge on any atom is -0.271 e. The van der Waals surface area contributed by atoms with Gasteiger partial charge >= 0.3 is 0 Å². The van der Waals surface area contributed by atoms with Crippen LogP contribution in [0.15, 0.2) is 28.7 Å². The maximum atomic E-state index is 5.76. The van der Waals surface area contributed by atoms with Gasteiger partial charge in [0.25, 0.3) is 0 Å². The molecule has 1 aliphatic carbocycles. The molecule has 0 heterocycles. The molecule has 0 radical (unpaired) electrons. The Balaban J connectivity index is 2.09. The van der Waals surface area contributed by atoms with E-state index in [2.05, 4.69) is 52.5 Å². The molecule has 94 valence electrons. The van der Waals surface area contributed by atoms with Crippen molar-refractivity contribution in [2.45, 2.75) is 45.1 Å². The molecule has 0 saturated heterocycles. The first kappa shape index (κ1) is 13.1. The van der Waals surface area contributed by atoms with E-state index in [0.29, 0.717) is 11.5 Å². The van der Waals surface area contributed by atoms with Gasteiger partial charge in [0.1, 0.15) is 0 Å². The Morgan fingerprint density at radius 1 is 1.41 bits per heavy atom. The van der Waals surface area contributed by atoms with Crippen LogP contribution in [-0.2, 0) is 6.42 Å². The van der Waals surface area contributed by atoms with Crippen LogP contribution >= 0.6 is 15.9 Å². The lowest BCUT2D eigenvalue weighted by atomic mass is 9.78. The summed E-state index contributed by atoms with van der Waals surface area (Å²) in [7, 11) is 0. The van der Waals surface area contributed by atoms with Crippen LogP contribution in [0.25, 0.3) is 0 Å². The summed E-state index contributed by atoms with van der Waals surface area (Å²) < 4.78 is 1.14. The second-order valence-electron chi connectivity index (χ2n) is 5.41. The van der Waals surface area contributed by atoms with Crippen molar-refractivity contribution in [3.05, 3.63) is 34.3 Å². The fourth-order valence-electron chi connectivity index (χ4n) is 2.94. The van der Waals surface area contributed by atoms with E-state index >= 15 is 0 Å². The standard InChI is InChI=1S/C14H21BrN2/c1-14(7-2-3-8-14)13(17-16)10-11-5-4-6-12(15)9-11/h4-6,9,13,17H,2-3,7-8,10,16H2,1H3. The Morgan fingerprint density at radius 3 is 2.71 bits per heavy atom. The number of hydrazine groups is 1. The normalized spacial score (nSPS) is 20.4. The Bertz CT molecular complexity index is 372. The molecule has 1 saturated carbocycles. The van der Waals surface area contributed by atoms with Gasteiger partial charge in [0.05, 0.1) is 0 Å². The summed E-state index contributed by atoms with van der Waals surface area (Å²) in [5.41, 5.74) is 4.74. The van der Waals surface area contributed by atoms with E-state index < -0.39 is 0 Å². The van der Waals surface area contributed by atoms with Crippen molar-refractivity contribution < 1.29 is 0 Å². The smallest absolute Gasteiger partial charge is 0.0304 e. The average molecular weight is 297 g/mol. The van der Waals surface area contributed by atoms with Crippen molar-refractivity contribution >= 4 is 15.9 Å². The van der Waals surface area contributed by atoms with Gasteiger partial charge in [-0.25, -0.2) is 0 Å². The number of hydrogen-bond acceptors (Lipinski definition) is 2. The zero-order valence-corrected chi connectivity index (χ0v) is 12.0. The van der Waals surface area contributed by atoms with Crippen LogP contribution in [0.2, 0.25) is 0 Å². The fourth-order valence-corrected chi connectivity index (χ4v) is 3.38. The molecule has 0 spiro atoms. The summed E-state index contributed by atoms with van der Waals surface area (Å²) in [6.07, 6.45) is 6.26. The molecule has 0 aliphatic heterocycles. The summed E-state index contributed by atoms with van der Waals surface area (Å²) in [5.74, 6) is 5.76. The Morgan fingerprint density at radius 2 is 2.12 bits per heavy atom. The molecule has 1 aromatic carbocycles. The summed E-state index contributed by atoms with van der Waals surface area (Å²) in [5, 5.41) is 0. The van der Waals surface area contributed by atoms with Crippen molar-refractivity contribution in [3.8, 4) is 0 Å². The lowest BCUT2D eigenvalue weighted by molar-refractivity contribution is 0.221. The number of rotatable bonds is 4. The SMILES string of the molecule is CC1(C(Cc2cccc(Br)c2)NN)CCCC1. The van der Waals surface area contributed by atoms with Crippen molar-refractivity contribution in [1.82, 2.24) is 5.43 Å². The van der Waals surface area contributed by atoms with Crippen molar-refractivity contribution in [2.24, 2.45) is 11.3 Å². The Labute approximate surface area is 112 Å². The monoisotopic (exact) mass is 296 g/mol. The van der Waals surface area contributed by atoms with Gasteiger partial charge in [-0.15, -0.1) is 0 Å². The van der Waals surface area contributed by atoms with E-state index in [0.717, 1.165) is 10.9 Å². The van der Waals surface area contributed by atoms with E-state index in [-0.39, 0.29) is 0 Å². The Hall–Kier alpha value is -0.380. The minimum atomic E-state index is 0.358. The van der Waals surface area contributed by atoms with E-state index in [9.17, 15) is 0 Å². The highest BCUT2D eigenvalue weighted by atomic mass is 79.9. The van der Waals surface area contributed by atoms with Gasteiger partial charge in [0.2, 0.25) is 0 Å². The van der Waals surface area contributed by atoms with Gasteiger partial charge in [0, 0.05) is 10.5 Å². The molecule has 1 aliphatic rings.